The molecule has 0 aromatic heterocycles. The fourth-order valence-corrected chi connectivity index (χ4v) is 2.27. The Hall–Kier alpha value is -1.42. The van der Waals surface area contributed by atoms with Gasteiger partial charge in [-0.3, -0.25) is 0 Å². The third-order valence-electron chi connectivity index (χ3n) is 3.29. The van der Waals surface area contributed by atoms with Crippen LogP contribution in [0, 0.1) is 11.6 Å². The molecule has 0 amide bonds. The molecule has 0 saturated carbocycles. The maximum Gasteiger partial charge on any atom is 0.191 e. The number of rotatable bonds is 6. The molecule has 0 aliphatic heterocycles. The first-order chi connectivity index (χ1) is 9.70. The molecule has 1 N–H and O–H groups in total. The molecule has 2 nitrogen and oxygen atoms in total. The molecule has 1 unspecified atom stereocenters. The Balaban J connectivity index is 2.05. The molecule has 1 aromatic rings. The fraction of sp³-hybridized carbons (Fsp3) is 0.500. The van der Waals surface area contributed by atoms with Crippen LogP contribution in [0.2, 0.25) is 0 Å². The summed E-state index contributed by atoms with van der Waals surface area (Å²) in [5.74, 6) is -1.52. The van der Waals surface area contributed by atoms with Crippen LogP contribution in [0.4, 0.5) is 8.78 Å². The van der Waals surface area contributed by atoms with E-state index in [1.165, 1.54) is 12.1 Å². The molecule has 1 aromatic carbocycles. The van der Waals surface area contributed by atoms with Crippen molar-refractivity contribution in [1.82, 2.24) is 5.32 Å². The van der Waals surface area contributed by atoms with Gasteiger partial charge >= 0.3 is 0 Å². The van der Waals surface area contributed by atoms with E-state index in [-0.39, 0.29) is 11.9 Å². The minimum atomic E-state index is -0.628. The number of hydrogen-bond donors (Lipinski definition) is 1. The zero-order chi connectivity index (χ0) is 14.4. The van der Waals surface area contributed by atoms with E-state index in [2.05, 4.69) is 5.32 Å². The summed E-state index contributed by atoms with van der Waals surface area (Å²) in [6.07, 6.45) is 7.43. The molecule has 0 fully saturated rings. The zero-order valence-electron chi connectivity index (χ0n) is 11.8. The van der Waals surface area contributed by atoms with Gasteiger partial charge in [0, 0.05) is 6.54 Å². The summed E-state index contributed by atoms with van der Waals surface area (Å²) in [6, 6.07) is 2.68. The largest absolute Gasteiger partial charge is 0.480 e. The Morgan fingerprint density at radius 3 is 2.65 bits per heavy atom. The van der Waals surface area contributed by atoms with Crippen molar-refractivity contribution in [2.75, 3.05) is 6.54 Å². The third kappa shape index (κ3) is 4.04. The van der Waals surface area contributed by atoms with Gasteiger partial charge in [0.2, 0.25) is 0 Å². The summed E-state index contributed by atoms with van der Waals surface area (Å²) >= 11 is 0. The minimum Gasteiger partial charge on any atom is -0.480 e. The summed E-state index contributed by atoms with van der Waals surface area (Å²) < 4.78 is 33.4. The SMILES string of the molecule is CCCNCc1cc(F)c(OC2C=CCCC2)c(F)c1. The molecule has 0 saturated heterocycles. The van der Waals surface area contributed by atoms with Gasteiger partial charge in [-0.05, 0) is 56.0 Å². The van der Waals surface area contributed by atoms with Crippen molar-refractivity contribution in [3.05, 3.63) is 41.5 Å². The van der Waals surface area contributed by atoms with E-state index >= 15 is 0 Å². The average Bonchev–Trinajstić information content (AvgIpc) is 2.44. The summed E-state index contributed by atoms with van der Waals surface area (Å²) in [6.45, 7) is 3.34. The van der Waals surface area contributed by atoms with Crippen LogP contribution in [-0.2, 0) is 6.54 Å². The van der Waals surface area contributed by atoms with Crippen LogP contribution in [0.15, 0.2) is 24.3 Å². The van der Waals surface area contributed by atoms with Gasteiger partial charge in [-0.25, -0.2) is 8.78 Å². The molecule has 0 radical (unpaired) electrons. The second-order valence-electron chi connectivity index (χ2n) is 5.08. The highest BCUT2D eigenvalue weighted by molar-refractivity contribution is 5.32. The predicted octanol–water partition coefficient (Wildman–Crippen LogP) is 3.95. The van der Waals surface area contributed by atoms with E-state index in [1.54, 1.807) is 0 Å². The Labute approximate surface area is 118 Å². The Bertz CT molecular complexity index is 451. The van der Waals surface area contributed by atoms with Crippen LogP contribution in [0.25, 0.3) is 0 Å². The van der Waals surface area contributed by atoms with Crippen LogP contribution in [0.1, 0.15) is 38.2 Å². The topological polar surface area (TPSA) is 21.3 Å². The van der Waals surface area contributed by atoms with Crippen molar-refractivity contribution in [3.63, 3.8) is 0 Å². The summed E-state index contributed by atoms with van der Waals surface area (Å²) in [5, 5.41) is 3.12. The summed E-state index contributed by atoms with van der Waals surface area (Å²) in [5.41, 5.74) is 0.597. The highest BCUT2D eigenvalue weighted by Crippen LogP contribution is 2.26. The number of ether oxygens (including phenoxy) is 1. The maximum absolute atomic E-state index is 14.0. The second-order valence-corrected chi connectivity index (χ2v) is 5.08. The Morgan fingerprint density at radius 1 is 1.30 bits per heavy atom. The number of hydrogen-bond acceptors (Lipinski definition) is 2. The molecule has 4 heteroatoms. The Morgan fingerprint density at radius 2 is 2.05 bits per heavy atom. The molecule has 0 heterocycles. The highest BCUT2D eigenvalue weighted by atomic mass is 19.1. The Kier molecular flexibility index (Phi) is 5.53. The average molecular weight is 281 g/mol. The smallest absolute Gasteiger partial charge is 0.191 e. The molecule has 0 bridgehead atoms. The van der Waals surface area contributed by atoms with Crippen molar-refractivity contribution in [2.45, 2.75) is 45.3 Å². The summed E-state index contributed by atoms with van der Waals surface area (Å²) in [4.78, 5) is 0. The maximum atomic E-state index is 14.0. The molecule has 20 heavy (non-hydrogen) atoms. The number of benzene rings is 1. The van der Waals surface area contributed by atoms with E-state index in [0.717, 1.165) is 32.2 Å². The monoisotopic (exact) mass is 281 g/mol. The van der Waals surface area contributed by atoms with E-state index in [1.807, 2.05) is 19.1 Å². The van der Waals surface area contributed by atoms with Crippen molar-refractivity contribution < 1.29 is 13.5 Å². The van der Waals surface area contributed by atoms with Crippen LogP contribution in [0.3, 0.4) is 0 Å². The number of allylic oxidation sites excluding steroid dienone is 1. The van der Waals surface area contributed by atoms with Gasteiger partial charge in [-0.1, -0.05) is 13.0 Å². The first-order valence-corrected chi connectivity index (χ1v) is 7.22. The van der Waals surface area contributed by atoms with Crippen molar-refractivity contribution in [3.8, 4) is 5.75 Å². The highest BCUT2D eigenvalue weighted by Gasteiger charge is 2.17. The molecule has 110 valence electrons. The van der Waals surface area contributed by atoms with E-state index in [9.17, 15) is 8.78 Å². The standard InChI is InChI=1S/C16H21F2NO/c1-2-8-19-11-12-9-14(17)16(15(18)10-12)20-13-6-4-3-5-7-13/h4,6,9-10,13,19H,2-3,5,7-8,11H2,1H3. The molecule has 0 spiro atoms. The van der Waals surface area contributed by atoms with Gasteiger partial charge in [0.05, 0.1) is 0 Å². The molecule has 1 atom stereocenters. The van der Waals surface area contributed by atoms with Gasteiger partial charge in [-0.15, -0.1) is 0 Å². The molecule has 2 rings (SSSR count). The van der Waals surface area contributed by atoms with Crippen molar-refractivity contribution in [2.24, 2.45) is 0 Å². The lowest BCUT2D eigenvalue weighted by Crippen LogP contribution is -2.18. The van der Waals surface area contributed by atoms with Gasteiger partial charge in [-0.2, -0.15) is 0 Å². The molecule has 1 aliphatic rings. The zero-order valence-corrected chi connectivity index (χ0v) is 11.8. The van der Waals surface area contributed by atoms with Crippen LogP contribution in [-0.4, -0.2) is 12.6 Å². The van der Waals surface area contributed by atoms with E-state index in [4.69, 9.17) is 4.74 Å². The lowest BCUT2D eigenvalue weighted by atomic mass is 10.1. The van der Waals surface area contributed by atoms with Gasteiger partial charge in [0.25, 0.3) is 0 Å². The number of nitrogens with one attached hydrogen (secondary N) is 1. The van der Waals surface area contributed by atoms with E-state index < -0.39 is 11.6 Å². The lowest BCUT2D eigenvalue weighted by molar-refractivity contribution is 0.209. The second kappa shape index (κ2) is 7.39. The van der Waals surface area contributed by atoms with Crippen LogP contribution < -0.4 is 10.1 Å². The molecule has 1 aliphatic carbocycles. The lowest BCUT2D eigenvalue weighted by Gasteiger charge is -2.19. The molecular formula is C16H21F2NO. The predicted molar refractivity (Wildman–Crippen MR) is 75.8 cm³/mol. The summed E-state index contributed by atoms with van der Waals surface area (Å²) in [7, 11) is 0. The normalized spacial score (nSPS) is 18.2. The van der Waals surface area contributed by atoms with Gasteiger partial charge in [0.1, 0.15) is 6.10 Å². The fourth-order valence-electron chi connectivity index (χ4n) is 2.27. The van der Waals surface area contributed by atoms with Crippen LogP contribution >= 0.6 is 0 Å². The van der Waals surface area contributed by atoms with Crippen molar-refractivity contribution in [1.29, 1.82) is 0 Å². The van der Waals surface area contributed by atoms with Crippen molar-refractivity contribution >= 4 is 0 Å². The molecular weight excluding hydrogens is 260 g/mol. The first-order valence-electron chi connectivity index (χ1n) is 7.22. The van der Waals surface area contributed by atoms with Gasteiger partial charge < -0.3 is 10.1 Å². The third-order valence-corrected chi connectivity index (χ3v) is 3.29. The number of halogens is 2. The first kappa shape index (κ1) is 15.0. The minimum absolute atomic E-state index is 0.225. The quantitative estimate of drug-likeness (QED) is 0.629. The van der Waals surface area contributed by atoms with Gasteiger partial charge in [0.15, 0.2) is 17.4 Å². The van der Waals surface area contributed by atoms with Crippen LogP contribution in [0.5, 0.6) is 5.75 Å². The van der Waals surface area contributed by atoms with E-state index in [0.29, 0.717) is 12.1 Å².